The molecule has 0 N–H and O–H groups in total. The maximum atomic E-state index is 10.7. The summed E-state index contributed by atoms with van der Waals surface area (Å²) in [5.41, 5.74) is 0. The van der Waals surface area contributed by atoms with E-state index in [9.17, 15) is 4.79 Å². The van der Waals surface area contributed by atoms with Crippen molar-refractivity contribution in [2.24, 2.45) is 0 Å². The van der Waals surface area contributed by atoms with Crippen LogP contribution >= 0.6 is 22.6 Å². The molecule has 1 aromatic rings. The summed E-state index contributed by atoms with van der Waals surface area (Å²) >= 11 is 2.05. The van der Waals surface area contributed by atoms with Crippen molar-refractivity contribution < 1.29 is 13.9 Å². The molecule has 0 spiro atoms. The third-order valence-corrected chi connectivity index (χ3v) is 1.52. The lowest BCUT2D eigenvalue weighted by atomic mass is 10.5. The van der Waals surface area contributed by atoms with E-state index in [1.165, 1.54) is 13.4 Å². The molecule has 0 fully saturated rings. The first-order chi connectivity index (χ1) is 4.74. The summed E-state index contributed by atoms with van der Waals surface area (Å²) in [5.74, 6) is -0.199. The summed E-state index contributed by atoms with van der Waals surface area (Å²) in [7, 11) is 1.32. The molecular weight excluding hydrogens is 247 g/mol. The highest BCUT2D eigenvalue weighted by Gasteiger charge is 2.08. The SMILES string of the molecule is COC(=O)c1cc(I)co1. The van der Waals surface area contributed by atoms with Crippen LogP contribution in [0.5, 0.6) is 0 Å². The smallest absolute Gasteiger partial charge is 0.373 e. The van der Waals surface area contributed by atoms with Gasteiger partial charge in [0.25, 0.3) is 0 Å². The van der Waals surface area contributed by atoms with Gasteiger partial charge in [0.05, 0.1) is 10.7 Å². The molecule has 0 saturated carbocycles. The minimum absolute atomic E-state index is 0.243. The lowest BCUT2D eigenvalue weighted by Crippen LogP contribution is -1.97. The number of halogens is 1. The van der Waals surface area contributed by atoms with Gasteiger partial charge in [-0.3, -0.25) is 0 Å². The molecule has 1 aromatic heterocycles. The standard InChI is InChI=1S/C6H5IO3/c1-9-6(8)5-2-4(7)3-10-5/h2-3H,1H3. The maximum absolute atomic E-state index is 10.7. The Morgan fingerprint density at radius 3 is 2.90 bits per heavy atom. The molecule has 0 amide bonds. The Labute approximate surface area is 71.5 Å². The van der Waals surface area contributed by atoms with Crippen molar-refractivity contribution in [2.45, 2.75) is 0 Å². The van der Waals surface area contributed by atoms with Gasteiger partial charge in [-0.1, -0.05) is 0 Å². The quantitative estimate of drug-likeness (QED) is 0.563. The van der Waals surface area contributed by atoms with Gasteiger partial charge < -0.3 is 9.15 Å². The van der Waals surface area contributed by atoms with Crippen molar-refractivity contribution in [1.82, 2.24) is 0 Å². The number of rotatable bonds is 1. The molecule has 10 heavy (non-hydrogen) atoms. The van der Waals surface area contributed by atoms with Crippen molar-refractivity contribution in [1.29, 1.82) is 0 Å². The Hall–Kier alpha value is -0.520. The molecule has 3 nitrogen and oxygen atoms in total. The number of carbonyl (C=O) groups is 1. The van der Waals surface area contributed by atoms with E-state index in [0.717, 1.165) is 3.57 Å². The van der Waals surface area contributed by atoms with Gasteiger partial charge in [0.2, 0.25) is 5.76 Å². The van der Waals surface area contributed by atoms with E-state index in [4.69, 9.17) is 4.42 Å². The van der Waals surface area contributed by atoms with Crippen LogP contribution in [-0.4, -0.2) is 13.1 Å². The van der Waals surface area contributed by atoms with Crippen LogP contribution in [0.15, 0.2) is 16.7 Å². The van der Waals surface area contributed by atoms with Crippen molar-refractivity contribution >= 4 is 28.6 Å². The predicted molar refractivity (Wildman–Crippen MR) is 42.8 cm³/mol. The molecule has 0 aromatic carbocycles. The number of ether oxygens (including phenoxy) is 1. The number of methoxy groups -OCH3 is 1. The Morgan fingerprint density at radius 1 is 1.80 bits per heavy atom. The van der Waals surface area contributed by atoms with Gasteiger partial charge in [-0.05, 0) is 22.6 Å². The van der Waals surface area contributed by atoms with E-state index in [-0.39, 0.29) is 5.76 Å². The molecule has 0 bridgehead atoms. The second-order valence-electron chi connectivity index (χ2n) is 1.62. The lowest BCUT2D eigenvalue weighted by Gasteiger charge is -1.89. The summed E-state index contributed by atoms with van der Waals surface area (Å²) in [5, 5.41) is 0. The van der Waals surface area contributed by atoms with E-state index < -0.39 is 5.97 Å². The van der Waals surface area contributed by atoms with Crippen LogP contribution in [0.4, 0.5) is 0 Å². The second kappa shape index (κ2) is 3.05. The van der Waals surface area contributed by atoms with Gasteiger partial charge >= 0.3 is 5.97 Å². The Morgan fingerprint density at radius 2 is 2.50 bits per heavy atom. The Bertz CT molecular complexity index is 241. The summed E-state index contributed by atoms with van der Waals surface area (Å²) in [6.07, 6.45) is 1.49. The van der Waals surface area contributed by atoms with Gasteiger partial charge in [-0.25, -0.2) is 4.79 Å². The monoisotopic (exact) mass is 252 g/mol. The highest BCUT2D eigenvalue weighted by molar-refractivity contribution is 14.1. The van der Waals surface area contributed by atoms with Crippen LogP contribution in [-0.2, 0) is 4.74 Å². The number of hydrogen-bond donors (Lipinski definition) is 0. The Balaban J connectivity index is 2.85. The Kier molecular flexibility index (Phi) is 2.31. The lowest BCUT2D eigenvalue weighted by molar-refractivity contribution is 0.0565. The third kappa shape index (κ3) is 1.50. The number of carbonyl (C=O) groups excluding carboxylic acids is 1. The highest BCUT2D eigenvalue weighted by Crippen LogP contribution is 2.10. The van der Waals surface area contributed by atoms with Crippen molar-refractivity contribution in [3.63, 3.8) is 0 Å². The molecule has 0 aliphatic carbocycles. The molecule has 0 radical (unpaired) electrons. The van der Waals surface area contributed by atoms with E-state index in [0.29, 0.717) is 0 Å². The first-order valence-electron chi connectivity index (χ1n) is 2.56. The predicted octanol–water partition coefficient (Wildman–Crippen LogP) is 1.67. The largest absolute Gasteiger partial charge is 0.463 e. The molecule has 1 heterocycles. The summed E-state index contributed by atoms with van der Waals surface area (Å²) in [4.78, 5) is 10.7. The zero-order valence-corrected chi connectivity index (χ0v) is 7.41. The fourth-order valence-electron chi connectivity index (χ4n) is 0.521. The fourth-order valence-corrected chi connectivity index (χ4v) is 0.931. The zero-order valence-electron chi connectivity index (χ0n) is 5.26. The van der Waals surface area contributed by atoms with Crippen LogP contribution in [0.1, 0.15) is 10.6 Å². The molecule has 4 heteroatoms. The normalized spacial score (nSPS) is 9.40. The fraction of sp³-hybridized carbons (Fsp3) is 0.167. The van der Waals surface area contributed by atoms with Crippen LogP contribution in [0, 0.1) is 3.57 Å². The van der Waals surface area contributed by atoms with E-state index in [1.807, 2.05) is 22.6 Å². The van der Waals surface area contributed by atoms with Gasteiger partial charge in [0.15, 0.2) is 0 Å². The molecule has 0 aliphatic rings. The van der Waals surface area contributed by atoms with Gasteiger partial charge in [0.1, 0.15) is 6.26 Å². The van der Waals surface area contributed by atoms with Gasteiger partial charge in [-0.15, -0.1) is 0 Å². The zero-order chi connectivity index (χ0) is 7.56. The minimum Gasteiger partial charge on any atom is -0.463 e. The molecule has 54 valence electrons. The molecule has 1 rings (SSSR count). The van der Waals surface area contributed by atoms with Crippen LogP contribution in [0.2, 0.25) is 0 Å². The molecule has 0 saturated heterocycles. The molecule has 0 unspecified atom stereocenters. The third-order valence-electron chi connectivity index (χ3n) is 0.954. The first-order valence-corrected chi connectivity index (χ1v) is 3.64. The van der Waals surface area contributed by atoms with Crippen LogP contribution in [0.25, 0.3) is 0 Å². The average Bonchev–Trinajstić information content (AvgIpc) is 2.34. The van der Waals surface area contributed by atoms with E-state index >= 15 is 0 Å². The maximum Gasteiger partial charge on any atom is 0.373 e. The second-order valence-corrected chi connectivity index (χ2v) is 2.87. The van der Waals surface area contributed by atoms with Gasteiger partial charge in [0, 0.05) is 6.07 Å². The van der Waals surface area contributed by atoms with Crippen molar-refractivity contribution in [2.75, 3.05) is 7.11 Å². The molecule has 0 atom stereocenters. The van der Waals surface area contributed by atoms with E-state index in [1.54, 1.807) is 6.07 Å². The molecular formula is C6H5IO3. The highest BCUT2D eigenvalue weighted by atomic mass is 127. The summed E-state index contributed by atoms with van der Waals surface area (Å²) in [6.45, 7) is 0. The average molecular weight is 252 g/mol. The number of hydrogen-bond acceptors (Lipinski definition) is 3. The summed E-state index contributed by atoms with van der Waals surface area (Å²) in [6, 6.07) is 1.62. The minimum atomic E-state index is -0.442. The first kappa shape index (κ1) is 7.59. The van der Waals surface area contributed by atoms with E-state index in [2.05, 4.69) is 4.74 Å². The topological polar surface area (TPSA) is 39.4 Å². The van der Waals surface area contributed by atoms with Crippen LogP contribution < -0.4 is 0 Å². The van der Waals surface area contributed by atoms with Crippen molar-refractivity contribution in [3.8, 4) is 0 Å². The van der Waals surface area contributed by atoms with Crippen LogP contribution in [0.3, 0.4) is 0 Å². The summed E-state index contributed by atoms with van der Waals surface area (Å²) < 4.78 is 10.1. The number of esters is 1. The van der Waals surface area contributed by atoms with Gasteiger partial charge in [-0.2, -0.15) is 0 Å². The number of furan rings is 1. The van der Waals surface area contributed by atoms with Crippen molar-refractivity contribution in [3.05, 3.63) is 21.7 Å². The molecule has 0 aliphatic heterocycles.